The quantitative estimate of drug-likeness (QED) is 0.624. The third-order valence-electron chi connectivity index (χ3n) is 5.48. The normalized spacial score (nSPS) is 14.3. The van der Waals surface area contributed by atoms with E-state index in [1.54, 1.807) is 31.4 Å². The highest BCUT2D eigenvalue weighted by molar-refractivity contribution is 5.76. The molecule has 2 aromatic carbocycles. The summed E-state index contributed by atoms with van der Waals surface area (Å²) in [5, 5.41) is 7.58. The molecule has 1 aliphatic carbocycles. The maximum atomic E-state index is 13.2. The van der Waals surface area contributed by atoms with Gasteiger partial charge in [-0.05, 0) is 55.5 Å². The Balaban J connectivity index is 1.65. The van der Waals surface area contributed by atoms with E-state index in [9.17, 15) is 9.59 Å². The summed E-state index contributed by atoms with van der Waals surface area (Å²) in [6.07, 6.45) is 2.76. The first kappa shape index (κ1) is 19.9. The Morgan fingerprint density at radius 1 is 1.17 bits per heavy atom. The van der Waals surface area contributed by atoms with Gasteiger partial charge in [0.25, 0.3) is 0 Å². The largest absolute Gasteiger partial charge is 0.497 e. The van der Waals surface area contributed by atoms with Crippen LogP contribution in [0.15, 0.2) is 59.4 Å². The van der Waals surface area contributed by atoms with Gasteiger partial charge < -0.3 is 10.1 Å². The molecule has 30 heavy (non-hydrogen) atoms. The summed E-state index contributed by atoms with van der Waals surface area (Å²) in [7, 11) is 1.59. The second-order valence-corrected chi connectivity index (χ2v) is 7.75. The van der Waals surface area contributed by atoms with Crippen LogP contribution in [0.1, 0.15) is 31.2 Å². The van der Waals surface area contributed by atoms with E-state index < -0.39 is 0 Å². The number of aromatic nitrogens is 3. The van der Waals surface area contributed by atoms with Gasteiger partial charge >= 0.3 is 5.69 Å². The summed E-state index contributed by atoms with van der Waals surface area (Å²) in [4.78, 5) is 25.8. The van der Waals surface area contributed by atoms with Crippen LogP contribution < -0.4 is 15.7 Å². The van der Waals surface area contributed by atoms with Crippen molar-refractivity contribution in [1.29, 1.82) is 0 Å². The van der Waals surface area contributed by atoms with E-state index in [-0.39, 0.29) is 24.2 Å². The van der Waals surface area contributed by atoms with Crippen LogP contribution >= 0.6 is 0 Å². The molecule has 3 aromatic rings. The summed E-state index contributed by atoms with van der Waals surface area (Å²) in [5.74, 6) is 1.64. The summed E-state index contributed by atoms with van der Waals surface area (Å²) in [6.45, 7) is 1.97. The number of benzene rings is 2. The summed E-state index contributed by atoms with van der Waals surface area (Å²) < 4.78 is 8.00. The van der Waals surface area contributed by atoms with Crippen LogP contribution in [0.25, 0.3) is 5.69 Å². The molecular weight excluding hydrogens is 380 g/mol. The number of rotatable bonds is 8. The second-order valence-electron chi connectivity index (χ2n) is 7.75. The van der Waals surface area contributed by atoms with Crippen molar-refractivity contribution >= 4 is 5.91 Å². The monoisotopic (exact) mass is 406 g/mol. The molecule has 0 aliphatic heterocycles. The molecule has 1 aromatic heterocycles. The number of nitrogens with one attached hydrogen (secondary N) is 1. The summed E-state index contributed by atoms with van der Waals surface area (Å²) in [5.41, 5.74) is 1.32. The minimum atomic E-state index is -0.333. The molecule has 156 valence electrons. The number of carbonyl (C=O) groups is 1. The van der Waals surface area contributed by atoms with Crippen LogP contribution in [0.4, 0.5) is 0 Å². The summed E-state index contributed by atoms with van der Waals surface area (Å²) >= 11 is 0. The van der Waals surface area contributed by atoms with Crippen molar-refractivity contribution in [3.63, 3.8) is 0 Å². The molecule has 0 unspecified atom stereocenters. The standard InChI is InChI=1S/C23H26N4O3/c1-16(18-8-9-18)24-22(28)15-26-21(14-17-6-4-3-5-7-17)25-27(23(26)29)19-10-12-20(30-2)13-11-19/h3-7,10-13,16,18H,8-9,14-15H2,1-2H3,(H,24,28)/t16-/m0/s1. The van der Waals surface area contributed by atoms with E-state index in [0.717, 1.165) is 18.4 Å². The van der Waals surface area contributed by atoms with Crippen molar-refractivity contribution in [2.75, 3.05) is 7.11 Å². The van der Waals surface area contributed by atoms with E-state index in [2.05, 4.69) is 10.4 Å². The molecule has 1 N–H and O–H groups in total. The van der Waals surface area contributed by atoms with Crippen molar-refractivity contribution < 1.29 is 9.53 Å². The molecule has 0 spiro atoms. The highest BCUT2D eigenvalue weighted by atomic mass is 16.5. The van der Waals surface area contributed by atoms with Gasteiger partial charge in [-0.1, -0.05) is 30.3 Å². The number of hydrogen-bond donors (Lipinski definition) is 1. The molecule has 7 nitrogen and oxygen atoms in total. The number of carbonyl (C=O) groups excluding carboxylic acids is 1. The molecule has 0 saturated heterocycles. The molecule has 0 radical (unpaired) electrons. The van der Waals surface area contributed by atoms with Crippen molar-refractivity contribution in [2.24, 2.45) is 5.92 Å². The van der Waals surface area contributed by atoms with Crippen molar-refractivity contribution in [1.82, 2.24) is 19.7 Å². The van der Waals surface area contributed by atoms with Gasteiger partial charge in [0.2, 0.25) is 5.91 Å². The van der Waals surface area contributed by atoms with Gasteiger partial charge in [0, 0.05) is 12.5 Å². The number of hydrogen-bond acceptors (Lipinski definition) is 4. The van der Waals surface area contributed by atoms with E-state index in [1.165, 1.54) is 9.25 Å². The number of amides is 1. The van der Waals surface area contributed by atoms with E-state index in [0.29, 0.717) is 29.6 Å². The highest BCUT2D eigenvalue weighted by Gasteiger charge is 2.29. The lowest BCUT2D eigenvalue weighted by atomic mass is 10.1. The molecule has 1 fully saturated rings. The first-order valence-electron chi connectivity index (χ1n) is 10.2. The van der Waals surface area contributed by atoms with Crippen molar-refractivity contribution in [2.45, 2.75) is 38.8 Å². The molecule has 1 heterocycles. The fourth-order valence-electron chi connectivity index (χ4n) is 3.55. The van der Waals surface area contributed by atoms with Crippen LogP contribution in [-0.4, -0.2) is 33.4 Å². The second kappa shape index (κ2) is 8.57. The average molecular weight is 406 g/mol. The Kier molecular flexibility index (Phi) is 5.70. The fourth-order valence-corrected chi connectivity index (χ4v) is 3.55. The first-order valence-corrected chi connectivity index (χ1v) is 10.2. The van der Waals surface area contributed by atoms with Crippen LogP contribution in [0.2, 0.25) is 0 Å². The van der Waals surface area contributed by atoms with Crippen LogP contribution in [0.5, 0.6) is 5.75 Å². The Morgan fingerprint density at radius 3 is 2.50 bits per heavy atom. The lowest BCUT2D eigenvalue weighted by Gasteiger charge is -2.13. The maximum Gasteiger partial charge on any atom is 0.351 e. The molecule has 1 aliphatic rings. The van der Waals surface area contributed by atoms with Crippen molar-refractivity contribution in [3.05, 3.63) is 76.5 Å². The topological polar surface area (TPSA) is 78.2 Å². The van der Waals surface area contributed by atoms with Gasteiger partial charge in [-0.3, -0.25) is 9.36 Å². The zero-order chi connectivity index (χ0) is 21.1. The Hall–Kier alpha value is -3.35. The van der Waals surface area contributed by atoms with Gasteiger partial charge in [0.1, 0.15) is 18.1 Å². The lowest BCUT2D eigenvalue weighted by Crippen LogP contribution is -2.39. The molecule has 1 amide bonds. The Labute approximate surface area is 175 Å². The fraction of sp³-hybridized carbons (Fsp3) is 0.348. The number of ether oxygens (including phenoxy) is 1. The number of methoxy groups -OCH3 is 1. The van der Waals surface area contributed by atoms with Gasteiger partial charge in [-0.2, -0.15) is 4.68 Å². The highest BCUT2D eigenvalue weighted by Crippen LogP contribution is 2.32. The number of nitrogens with zero attached hydrogens (tertiary/aromatic N) is 3. The third-order valence-corrected chi connectivity index (χ3v) is 5.48. The predicted octanol–water partition coefficient (Wildman–Crippen LogP) is 2.55. The van der Waals surface area contributed by atoms with Gasteiger partial charge in [-0.25, -0.2) is 4.79 Å². The molecule has 0 bridgehead atoms. The minimum absolute atomic E-state index is 0.0474. The van der Waals surface area contributed by atoms with E-state index in [1.807, 2.05) is 37.3 Å². The maximum absolute atomic E-state index is 13.2. The summed E-state index contributed by atoms with van der Waals surface area (Å²) in [6, 6.07) is 17.0. The van der Waals surface area contributed by atoms with Crippen LogP contribution in [0, 0.1) is 5.92 Å². The van der Waals surface area contributed by atoms with Crippen molar-refractivity contribution in [3.8, 4) is 11.4 Å². The zero-order valence-corrected chi connectivity index (χ0v) is 17.2. The minimum Gasteiger partial charge on any atom is -0.497 e. The van der Waals surface area contributed by atoms with Gasteiger partial charge in [-0.15, -0.1) is 5.10 Å². The lowest BCUT2D eigenvalue weighted by molar-refractivity contribution is -0.122. The molecule has 4 rings (SSSR count). The van der Waals surface area contributed by atoms with Gasteiger partial charge in [0.05, 0.1) is 12.8 Å². The molecule has 1 saturated carbocycles. The molecule has 7 heteroatoms. The smallest absolute Gasteiger partial charge is 0.351 e. The van der Waals surface area contributed by atoms with E-state index >= 15 is 0 Å². The zero-order valence-electron chi connectivity index (χ0n) is 17.2. The van der Waals surface area contributed by atoms with Crippen LogP contribution in [-0.2, 0) is 17.8 Å². The first-order chi connectivity index (χ1) is 14.5. The van der Waals surface area contributed by atoms with Gasteiger partial charge in [0.15, 0.2) is 0 Å². The third kappa shape index (κ3) is 4.45. The molecular formula is C23H26N4O3. The average Bonchev–Trinajstić information content (AvgIpc) is 3.57. The van der Waals surface area contributed by atoms with Crippen LogP contribution in [0.3, 0.4) is 0 Å². The van der Waals surface area contributed by atoms with E-state index in [4.69, 9.17) is 4.74 Å². The predicted molar refractivity (Wildman–Crippen MR) is 114 cm³/mol. The Bertz CT molecular complexity index is 1070. The SMILES string of the molecule is COc1ccc(-n2nc(Cc3ccccc3)n(CC(=O)N[C@@H](C)C3CC3)c2=O)cc1. The Morgan fingerprint density at radius 2 is 1.87 bits per heavy atom. The molecule has 1 atom stereocenters.